The van der Waals surface area contributed by atoms with Crippen LogP contribution in [-0.4, -0.2) is 58.0 Å². The van der Waals surface area contributed by atoms with E-state index < -0.39 is 0 Å². The van der Waals surface area contributed by atoms with Crippen molar-refractivity contribution in [3.8, 4) is 17.2 Å². The van der Waals surface area contributed by atoms with Crippen molar-refractivity contribution in [1.29, 1.82) is 0 Å². The maximum absolute atomic E-state index is 6.69. The summed E-state index contributed by atoms with van der Waals surface area (Å²) >= 11 is 0. The SMILES string of the molecule is CC(C)(C)c1c(OCC2CO2)cc(OCC2CO2)c(OCC2CO2)c1C12CC3CC(CC(C3)C1)C2. The molecule has 3 saturated heterocycles. The molecule has 4 aliphatic carbocycles. The predicted octanol–water partition coefficient (Wildman–Crippen LogP) is 4.78. The summed E-state index contributed by atoms with van der Waals surface area (Å²) in [6.45, 7) is 11.0. The van der Waals surface area contributed by atoms with Crippen LogP contribution >= 0.6 is 0 Å². The van der Waals surface area contributed by atoms with Crippen molar-refractivity contribution in [2.24, 2.45) is 17.8 Å². The van der Waals surface area contributed by atoms with E-state index in [2.05, 4.69) is 26.8 Å². The quantitative estimate of drug-likeness (QED) is 0.445. The van der Waals surface area contributed by atoms with Crippen molar-refractivity contribution in [2.75, 3.05) is 39.6 Å². The largest absolute Gasteiger partial charge is 0.490 e. The summed E-state index contributed by atoms with van der Waals surface area (Å²) in [5.74, 6) is 5.21. The molecule has 0 amide bonds. The zero-order chi connectivity index (χ0) is 23.8. The normalized spacial score (nSPS) is 38.4. The second-order valence-electron chi connectivity index (χ2n) is 13.2. The van der Waals surface area contributed by atoms with E-state index in [-0.39, 0.29) is 29.1 Å². The van der Waals surface area contributed by atoms with Crippen molar-refractivity contribution in [1.82, 2.24) is 0 Å². The zero-order valence-corrected chi connectivity index (χ0v) is 21.5. The Balaban J connectivity index is 1.38. The molecule has 35 heavy (non-hydrogen) atoms. The molecule has 0 spiro atoms. The molecule has 3 atom stereocenters. The van der Waals surface area contributed by atoms with E-state index in [9.17, 15) is 0 Å². The molecule has 4 bridgehead atoms. The minimum absolute atomic E-state index is 0.0925. The molecule has 3 aliphatic heterocycles. The molecule has 8 rings (SSSR count). The zero-order valence-electron chi connectivity index (χ0n) is 21.5. The van der Waals surface area contributed by atoms with Gasteiger partial charge in [-0.05, 0) is 61.7 Å². The van der Waals surface area contributed by atoms with Gasteiger partial charge in [0.25, 0.3) is 0 Å². The van der Waals surface area contributed by atoms with Crippen LogP contribution in [0.25, 0.3) is 0 Å². The highest BCUT2D eigenvalue weighted by molar-refractivity contribution is 5.63. The number of ether oxygens (including phenoxy) is 6. The third kappa shape index (κ3) is 4.55. The summed E-state index contributed by atoms with van der Waals surface area (Å²) in [5, 5.41) is 0. The molecule has 1 aromatic rings. The summed E-state index contributed by atoms with van der Waals surface area (Å²) in [5.41, 5.74) is 2.73. The fourth-order valence-corrected chi connectivity index (χ4v) is 7.68. The number of rotatable bonds is 10. The highest BCUT2D eigenvalue weighted by Gasteiger charge is 2.55. The van der Waals surface area contributed by atoms with E-state index >= 15 is 0 Å². The maximum atomic E-state index is 6.69. The lowest BCUT2D eigenvalue weighted by atomic mass is 9.47. The van der Waals surface area contributed by atoms with Gasteiger partial charge in [-0.3, -0.25) is 0 Å². The van der Waals surface area contributed by atoms with Crippen molar-refractivity contribution in [3.63, 3.8) is 0 Å². The first-order valence-corrected chi connectivity index (χ1v) is 13.8. The highest BCUT2D eigenvalue weighted by Crippen LogP contribution is 2.65. The Bertz CT molecular complexity index is 933. The molecule has 0 radical (unpaired) electrons. The van der Waals surface area contributed by atoms with Crippen LogP contribution in [0, 0.1) is 17.8 Å². The van der Waals surface area contributed by atoms with Crippen LogP contribution in [-0.2, 0) is 25.0 Å². The molecule has 6 heteroatoms. The Labute approximate surface area is 208 Å². The van der Waals surface area contributed by atoms with Gasteiger partial charge in [-0.2, -0.15) is 0 Å². The van der Waals surface area contributed by atoms with Crippen molar-refractivity contribution in [2.45, 2.75) is 88.4 Å². The Morgan fingerprint density at radius 1 is 0.743 bits per heavy atom. The summed E-state index contributed by atoms with van der Waals surface area (Å²) in [7, 11) is 0. The Morgan fingerprint density at radius 3 is 1.66 bits per heavy atom. The smallest absolute Gasteiger partial charge is 0.165 e. The van der Waals surface area contributed by atoms with Crippen LogP contribution in [0.2, 0.25) is 0 Å². The summed E-state index contributed by atoms with van der Waals surface area (Å²) in [4.78, 5) is 0. The number of benzene rings is 1. The number of epoxide rings is 3. The highest BCUT2D eigenvalue weighted by atomic mass is 16.6. The molecule has 7 fully saturated rings. The predicted molar refractivity (Wildman–Crippen MR) is 131 cm³/mol. The van der Waals surface area contributed by atoms with Gasteiger partial charge in [0.1, 0.15) is 43.9 Å². The molecule has 6 nitrogen and oxygen atoms in total. The van der Waals surface area contributed by atoms with Crippen molar-refractivity contribution in [3.05, 3.63) is 17.2 Å². The average molecular weight is 485 g/mol. The molecule has 0 aromatic heterocycles. The second kappa shape index (κ2) is 8.26. The van der Waals surface area contributed by atoms with Gasteiger partial charge in [0.05, 0.1) is 19.8 Å². The molecule has 0 N–H and O–H groups in total. The van der Waals surface area contributed by atoms with Crippen LogP contribution in [0.1, 0.15) is 70.4 Å². The average Bonchev–Trinajstić information content (AvgIpc) is 3.66. The molecular formula is C29H40O6. The lowest BCUT2D eigenvalue weighted by molar-refractivity contribution is -0.00760. The summed E-state index contributed by atoms with van der Waals surface area (Å²) < 4.78 is 36.2. The van der Waals surface area contributed by atoms with Crippen LogP contribution < -0.4 is 14.2 Å². The van der Waals surface area contributed by atoms with Gasteiger partial charge in [0, 0.05) is 22.6 Å². The first-order chi connectivity index (χ1) is 16.9. The van der Waals surface area contributed by atoms with E-state index in [0.717, 1.165) is 54.8 Å². The third-order valence-electron chi connectivity index (χ3n) is 9.00. The van der Waals surface area contributed by atoms with Crippen LogP contribution in [0.4, 0.5) is 0 Å². The minimum Gasteiger partial charge on any atom is -0.490 e. The Hall–Kier alpha value is -1.50. The lowest BCUT2D eigenvalue weighted by Crippen LogP contribution is -2.49. The van der Waals surface area contributed by atoms with Gasteiger partial charge < -0.3 is 28.4 Å². The van der Waals surface area contributed by atoms with E-state index in [0.29, 0.717) is 19.8 Å². The Kier molecular flexibility index (Phi) is 5.35. The molecular weight excluding hydrogens is 444 g/mol. The van der Waals surface area contributed by atoms with E-state index in [1.807, 2.05) is 0 Å². The molecule has 192 valence electrons. The fourth-order valence-electron chi connectivity index (χ4n) is 7.68. The van der Waals surface area contributed by atoms with Crippen molar-refractivity contribution < 1.29 is 28.4 Å². The van der Waals surface area contributed by atoms with Gasteiger partial charge in [0.2, 0.25) is 0 Å². The van der Waals surface area contributed by atoms with E-state index in [1.165, 1.54) is 49.7 Å². The maximum Gasteiger partial charge on any atom is 0.165 e. The van der Waals surface area contributed by atoms with Crippen LogP contribution in [0.3, 0.4) is 0 Å². The monoisotopic (exact) mass is 484 g/mol. The Morgan fingerprint density at radius 2 is 1.20 bits per heavy atom. The summed E-state index contributed by atoms with van der Waals surface area (Å²) in [6.07, 6.45) is 8.60. The van der Waals surface area contributed by atoms with E-state index in [1.54, 1.807) is 0 Å². The molecule has 3 heterocycles. The summed E-state index contributed by atoms with van der Waals surface area (Å²) in [6, 6.07) is 2.10. The molecule has 1 aromatic carbocycles. The lowest BCUT2D eigenvalue weighted by Gasteiger charge is -2.58. The molecule has 3 unspecified atom stereocenters. The van der Waals surface area contributed by atoms with Gasteiger partial charge in [-0.15, -0.1) is 0 Å². The first kappa shape index (κ1) is 22.7. The fraction of sp³-hybridized carbons (Fsp3) is 0.793. The van der Waals surface area contributed by atoms with Crippen LogP contribution in [0.15, 0.2) is 6.07 Å². The van der Waals surface area contributed by atoms with E-state index in [4.69, 9.17) is 28.4 Å². The third-order valence-corrected chi connectivity index (χ3v) is 9.00. The standard InChI is InChI=1S/C29H40O6/c1-28(2,3)25-23(33-14-20-11-30-20)7-24(34-15-21-12-31-21)27(35-16-22-13-32-22)26(25)29-8-17-4-18(9-29)6-19(5-17)10-29/h7,17-22H,4-6,8-16H2,1-3H3. The van der Waals surface area contributed by atoms with Gasteiger partial charge in [0.15, 0.2) is 11.5 Å². The second-order valence-corrected chi connectivity index (χ2v) is 13.2. The number of hydrogen-bond acceptors (Lipinski definition) is 6. The topological polar surface area (TPSA) is 65.3 Å². The van der Waals surface area contributed by atoms with Crippen molar-refractivity contribution >= 4 is 0 Å². The molecule has 4 saturated carbocycles. The van der Waals surface area contributed by atoms with Gasteiger partial charge in [-0.1, -0.05) is 20.8 Å². The number of hydrogen-bond donors (Lipinski definition) is 0. The van der Waals surface area contributed by atoms with Gasteiger partial charge in [-0.25, -0.2) is 0 Å². The van der Waals surface area contributed by atoms with Crippen LogP contribution in [0.5, 0.6) is 17.2 Å². The van der Waals surface area contributed by atoms with Gasteiger partial charge >= 0.3 is 0 Å². The molecule has 7 aliphatic rings. The first-order valence-electron chi connectivity index (χ1n) is 13.8. The minimum atomic E-state index is -0.0925.